The van der Waals surface area contributed by atoms with Crippen molar-refractivity contribution < 1.29 is 19.0 Å². The first-order valence-corrected chi connectivity index (χ1v) is 8.93. The molecule has 0 aliphatic carbocycles. The highest BCUT2D eigenvalue weighted by Gasteiger charge is 2.40. The van der Waals surface area contributed by atoms with Crippen molar-refractivity contribution in [3.8, 4) is 5.75 Å². The van der Waals surface area contributed by atoms with Crippen LogP contribution in [0.4, 0.5) is 0 Å². The van der Waals surface area contributed by atoms with Gasteiger partial charge in [0, 0.05) is 32.0 Å². The number of likely N-dealkylation sites (tertiary alicyclic amines) is 1. The van der Waals surface area contributed by atoms with E-state index in [1.807, 2.05) is 36.2 Å². The van der Waals surface area contributed by atoms with Gasteiger partial charge in [-0.2, -0.15) is 0 Å². The van der Waals surface area contributed by atoms with E-state index in [1.165, 1.54) is 5.56 Å². The number of hydrogen-bond acceptors (Lipinski definition) is 5. The lowest BCUT2D eigenvalue weighted by Gasteiger charge is -2.38. The molecule has 2 aliphatic heterocycles. The summed E-state index contributed by atoms with van der Waals surface area (Å²) in [6.07, 6.45) is 1.52. The van der Waals surface area contributed by atoms with Gasteiger partial charge in [-0.1, -0.05) is 12.1 Å². The minimum Gasteiger partial charge on any atom is -0.497 e. The first-order chi connectivity index (χ1) is 12.0. The van der Waals surface area contributed by atoms with E-state index in [-0.39, 0.29) is 11.9 Å². The Hall–Kier alpha value is -1.63. The molecule has 0 aromatic heterocycles. The molecule has 1 spiro atoms. The molecule has 0 N–H and O–H groups in total. The second-order valence-electron chi connectivity index (χ2n) is 6.85. The number of nitrogens with zero attached hydrogens (tertiary/aromatic N) is 2. The summed E-state index contributed by atoms with van der Waals surface area (Å²) in [5, 5.41) is 0. The normalized spacial score (nSPS) is 20.9. The van der Waals surface area contributed by atoms with Crippen LogP contribution in [0, 0.1) is 0 Å². The van der Waals surface area contributed by atoms with Gasteiger partial charge in [0.15, 0.2) is 5.79 Å². The van der Waals surface area contributed by atoms with E-state index in [1.54, 1.807) is 7.11 Å². The van der Waals surface area contributed by atoms with Gasteiger partial charge in [-0.25, -0.2) is 0 Å². The predicted octanol–water partition coefficient (Wildman–Crippen LogP) is 2.05. The fourth-order valence-electron chi connectivity index (χ4n) is 3.47. The number of amides is 1. The lowest BCUT2D eigenvalue weighted by Crippen LogP contribution is -2.49. The Bertz CT molecular complexity index is 574. The second kappa shape index (κ2) is 7.72. The van der Waals surface area contributed by atoms with Crippen LogP contribution in [0.25, 0.3) is 0 Å². The summed E-state index contributed by atoms with van der Waals surface area (Å²) in [6, 6.07) is 8.15. The minimum atomic E-state index is -0.431. The maximum atomic E-state index is 12.6. The van der Waals surface area contributed by atoms with Crippen molar-refractivity contribution >= 4 is 5.91 Å². The van der Waals surface area contributed by atoms with Gasteiger partial charge >= 0.3 is 0 Å². The smallest absolute Gasteiger partial charge is 0.236 e. The number of benzene rings is 1. The van der Waals surface area contributed by atoms with E-state index in [4.69, 9.17) is 14.2 Å². The largest absolute Gasteiger partial charge is 0.497 e. The number of ether oxygens (including phenoxy) is 3. The van der Waals surface area contributed by atoms with Gasteiger partial charge in [-0.05, 0) is 31.7 Å². The summed E-state index contributed by atoms with van der Waals surface area (Å²) in [5.41, 5.74) is 1.17. The molecule has 138 valence electrons. The minimum absolute atomic E-state index is 0.160. The fraction of sp³-hybridized carbons (Fsp3) is 0.632. The van der Waals surface area contributed by atoms with Crippen LogP contribution >= 0.6 is 0 Å². The first-order valence-electron chi connectivity index (χ1n) is 8.93. The molecule has 2 saturated heterocycles. The Kier molecular flexibility index (Phi) is 5.61. The molecule has 0 saturated carbocycles. The molecule has 1 aromatic rings. The van der Waals surface area contributed by atoms with Gasteiger partial charge in [0.1, 0.15) is 5.75 Å². The van der Waals surface area contributed by atoms with Crippen molar-refractivity contribution in [1.82, 2.24) is 9.80 Å². The van der Waals surface area contributed by atoms with E-state index in [0.717, 1.165) is 18.6 Å². The average Bonchev–Trinajstić information content (AvgIpc) is 3.09. The third-order valence-corrected chi connectivity index (χ3v) is 5.34. The quantitative estimate of drug-likeness (QED) is 0.815. The summed E-state index contributed by atoms with van der Waals surface area (Å²) in [6.45, 7) is 5.24. The van der Waals surface area contributed by atoms with E-state index >= 15 is 0 Å². The van der Waals surface area contributed by atoms with Crippen molar-refractivity contribution in [2.75, 3.05) is 47.0 Å². The maximum absolute atomic E-state index is 12.6. The van der Waals surface area contributed by atoms with Crippen molar-refractivity contribution in [3.05, 3.63) is 29.8 Å². The van der Waals surface area contributed by atoms with Crippen LogP contribution in [0.15, 0.2) is 24.3 Å². The van der Waals surface area contributed by atoms with Crippen LogP contribution in [-0.2, 0) is 14.3 Å². The zero-order chi connectivity index (χ0) is 17.9. The SMILES string of the molecule is COc1ccc(C(C)N(C)CC(=O)N2CCC3(CC2)OCCO3)cc1. The lowest BCUT2D eigenvalue weighted by atomic mass is 10.0. The molecule has 0 bridgehead atoms. The van der Waals surface area contributed by atoms with E-state index in [9.17, 15) is 4.79 Å². The zero-order valence-electron chi connectivity index (χ0n) is 15.4. The molecule has 1 amide bonds. The van der Waals surface area contributed by atoms with Crippen LogP contribution in [-0.4, -0.2) is 68.5 Å². The molecule has 3 rings (SSSR count). The van der Waals surface area contributed by atoms with Crippen LogP contribution in [0.1, 0.15) is 31.4 Å². The number of carbonyl (C=O) groups is 1. The number of carbonyl (C=O) groups excluding carboxylic acids is 1. The molecule has 1 aromatic carbocycles. The molecule has 1 unspecified atom stereocenters. The molecular formula is C19H28N2O4. The van der Waals surface area contributed by atoms with Crippen LogP contribution in [0.2, 0.25) is 0 Å². The first kappa shape index (κ1) is 18.2. The van der Waals surface area contributed by atoms with Crippen LogP contribution < -0.4 is 4.74 Å². The van der Waals surface area contributed by atoms with Crippen LogP contribution in [0.3, 0.4) is 0 Å². The molecule has 6 heteroatoms. The van der Waals surface area contributed by atoms with Crippen molar-refractivity contribution in [2.24, 2.45) is 0 Å². The van der Waals surface area contributed by atoms with Gasteiger partial charge < -0.3 is 19.1 Å². The number of piperidine rings is 1. The maximum Gasteiger partial charge on any atom is 0.236 e. The molecule has 1 atom stereocenters. The third kappa shape index (κ3) is 4.14. The average molecular weight is 348 g/mol. The number of rotatable bonds is 5. The zero-order valence-corrected chi connectivity index (χ0v) is 15.4. The predicted molar refractivity (Wildman–Crippen MR) is 94.5 cm³/mol. The van der Waals surface area contributed by atoms with Gasteiger partial charge in [0.2, 0.25) is 5.91 Å². The summed E-state index contributed by atoms with van der Waals surface area (Å²) in [7, 11) is 3.65. The molecule has 25 heavy (non-hydrogen) atoms. The molecule has 6 nitrogen and oxygen atoms in total. The monoisotopic (exact) mass is 348 g/mol. The fourth-order valence-corrected chi connectivity index (χ4v) is 3.47. The van der Waals surface area contributed by atoms with Gasteiger partial charge in [0.05, 0.1) is 26.9 Å². The Morgan fingerprint density at radius 3 is 2.40 bits per heavy atom. The molecule has 2 fully saturated rings. The van der Waals surface area contributed by atoms with E-state index < -0.39 is 5.79 Å². The second-order valence-corrected chi connectivity index (χ2v) is 6.85. The molecule has 0 radical (unpaired) electrons. The van der Waals surface area contributed by atoms with Crippen molar-refractivity contribution in [1.29, 1.82) is 0 Å². The van der Waals surface area contributed by atoms with Crippen molar-refractivity contribution in [3.63, 3.8) is 0 Å². The summed E-state index contributed by atoms with van der Waals surface area (Å²) in [5.74, 6) is 0.572. The summed E-state index contributed by atoms with van der Waals surface area (Å²) in [4.78, 5) is 16.6. The Labute approximate surface area is 149 Å². The highest BCUT2D eigenvalue weighted by molar-refractivity contribution is 5.78. The Morgan fingerprint density at radius 2 is 1.84 bits per heavy atom. The molecule has 2 aliphatic rings. The van der Waals surface area contributed by atoms with Gasteiger partial charge in [-0.3, -0.25) is 9.69 Å². The third-order valence-electron chi connectivity index (χ3n) is 5.34. The topological polar surface area (TPSA) is 51.2 Å². The van der Waals surface area contributed by atoms with Crippen LogP contribution in [0.5, 0.6) is 5.75 Å². The van der Waals surface area contributed by atoms with Gasteiger partial charge in [-0.15, -0.1) is 0 Å². The molecule has 2 heterocycles. The number of hydrogen-bond donors (Lipinski definition) is 0. The lowest BCUT2D eigenvalue weighted by molar-refractivity contribution is -0.187. The van der Waals surface area contributed by atoms with Gasteiger partial charge in [0.25, 0.3) is 0 Å². The standard InChI is InChI=1S/C19H28N2O4/c1-15(16-4-6-17(23-3)7-5-16)20(2)14-18(22)21-10-8-19(9-11-21)24-12-13-25-19/h4-7,15H,8-14H2,1-3H3. The summed E-state index contributed by atoms with van der Waals surface area (Å²) < 4.78 is 16.6. The van der Waals surface area contributed by atoms with E-state index in [2.05, 4.69) is 11.8 Å². The Balaban J connectivity index is 1.51. The van der Waals surface area contributed by atoms with E-state index in [0.29, 0.717) is 32.8 Å². The molecular weight excluding hydrogens is 320 g/mol. The number of likely N-dealkylation sites (N-methyl/N-ethyl adjacent to an activating group) is 1. The highest BCUT2D eigenvalue weighted by atomic mass is 16.7. The number of methoxy groups -OCH3 is 1. The highest BCUT2D eigenvalue weighted by Crippen LogP contribution is 2.31. The Morgan fingerprint density at radius 1 is 1.24 bits per heavy atom. The summed E-state index contributed by atoms with van der Waals surface area (Å²) >= 11 is 0. The van der Waals surface area contributed by atoms with Crippen molar-refractivity contribution in [2.45, 2.75) is 31.6 Å².